The minimum Gasteiger partial charge on any atom is -0.341 e. The molecule has 8 nitrogen and oxygen atoms in total. The lowest BCUT2D eigenvalue weighted by Gasteiger charge is -2.27. The van der Waals surface area contributed by atoms with E-state index < -0.39 is 0 Å². The van der Waals surface area contributed by atoms with Crippen molar-refractivity contribution in [1.82, 2.24) is 30.8 Å². The zero-order valence-electron chi connectivity index (χ0n) is 11.3. The van der Waals surface area contributed by atoms with E-state index in [4.69, 9.17) is 0 Å². The lowest BCUT2D eigenvalue weighted by atomic mass is 10.2. The largest absolute Gasteiger partial charge is 0.341 e. The highest BCUT2D eigenvalue weighted by molar-refractivity contribution is 5.73. The second-order valence-electron chi connectivity index (χ2n) is 4.10. The van der Waals surface area contributed by atoms with E-state index in [0.717, 1.165) is 19.5 Å². The Morgan fingerprint density at radius 3 is 2.78 bits per heavy atom. The van der Waals surface area contributed by atoms with Crippen LogP contribution in [0, 0.1) is 0 Å². The van der Waals surface area contributed by atoms with Crippen molar-refractivity contribution in [3.05, 3.63) is 0 Å². The summed E-state index contributed by atoms with van der Waals surface area (Å²) >= 11 is 0. The molecule has 1 aromatic rings. The molecule has 2 amide bonds. The van der Waals surface area contributed by atoms with E-state index in [1.165, 1.54) is 0 Å². The van der Waals surface area contributed by atoms with Crippen LogP contribution in [0.4, 0.5) is 10.7 Å². The summed E-state index contributed by atoms with van der Waals surface area (Å²) in [5.74, 6) is 0.590. The lowest BCUT2D eigenvalue weighted by molar-refractivity contribution is 0.194. The maximum absolute atomic E-state index is 11.5. The summed E-state index contributed by atoms with van der Waals surface area (Å²) in [4.78, 5) is 15.2. The molecule has 0 saturated heterocycles. The zero-order valence-corrected chi connectivity index (χ0v) is 11.3. The molecule has 0 radical (unpaired) electrons. The molecule has 0 saturated carbocycles. The number of hydrogen-bond acceptors (Lipinski definition) is 5. The Hall–Kier alpha value is -1.86. The summed E-state index contributed by atoms with van der Waals surface area (Å²) < 4.78 is 0. The highest BCUT2D eigenvalue weighted by Crippen LogP contribution is 2.07. The number of tetrazole rings is 1. The number of amides is 2. The molecule has 8 heteroatoms. The number of aromatic amines is 1. The van der Waals surface area contributed by atoms with Gasteiger partial charge in [0.25, 0.3) is 5.95 Å². The fraction of sp³-hybridized carbons (Fsp3) is 0.800. The minimum atomic E-state index is -0.0786. The Morgan fingerprint density at radius 2 is 2.28 bits per heavy atom. The van der Waals surface area contributed by atoms with Gasteiger partial charge in [-0.3, -0.25) is 0 Å². The Kier molecular flexibility index (Phi) is 5.34. The Labute approximate surface area is 107 Å². The van der Waals surface area contributed by atoms with Crippen molar-refractivity contribution in [1.29, 1.82) is 0 Å². The second kappa shape index (κ2) is 6.77. The Morgan fingerprint density at radius 1 is 1.56 bits per heavy atom. The summed E-state index contributed by atoms with van der Waals surface area (Å²) in [6.45, 7) is 5.62. The number of carbonyl (C=O) groups is 1. The third-order valence-corrected chi connectivity index (χ3v) is 3.01. The van der Waals surface area contributed by atoms with E-state index in [1.54, 1.807) is 19.0 Å². The number of nitrogens with zero attached hydrogens (tertiary/aromatic N) is 5. The third-order valence-electron chi connectivity index (χ3n) is 3.01. The Bertz CT molecular complexity index is 353. The summed E-state index contributed by atoms with van der Waals surface area (Å²) in [5, 5.41) is 16.5. The second-order valence-corrected chi connectivity index (χ2v) is 4.10. The number of rotatable bonds is 6. The molecule has 0 fully saturated rings. The minimum absolute atomic E-state index is 0.0786. The van der Waals surface area contributed by atoms with Crippen LogP contribution in [0.25, 0.3) is 0 Å². The number of hydrogen-bond donors (Lipinski definition) is 2. The van der Waals surface area contributed by atoms with Gasteiger partial charge in [-0.2, -0.15) is 5.21 Å². The molecule has 0 bridgehead atoms. The van der Waals surface area contributed by atoms with Gasteiger partial charge < -0.3 is 15.1 Å². The molecule has 0 aliphatic rings. The van der Waals surface area contributed by atoms with E-state index in [2.05, 4.69) is 25.9 Å². The van der Waals surface area contributed by atoms with Gasteiger partial charge in [-0.05, 0) is 25.5 Å². The molecule has 18 heavy (non-hydrogen) atoms. The number of carbonyl (C=O) groups excluding carboxylic acids is 1. The highest BCUT2D eigenvalue weighted by atomic mass is 16.2. The summed E-state index contributed by atoms with van der Waals surface area (Å²) in [5.41, 5.74) is 0. The standard InChI is InChI=1S/C10H21N7O/c1-5-17(9-12-14-15-13-9)7-6-8(2)16(4)10(18)11-3/h8H,5-7H2,1-4H3,(H,11,18)(H,12,13,14,15). The molecule has 1 atom stereocenters. The fourth-order valence-electron chi connectivity index (χ4n) is 1.60. The number of H-pyrrole nitrogens is 1. The van der Waals surface area contributed by atoms with Crippen molar-refractivity contribution in [3.63, 3.8) is 0 Å². The van der Waals surface area contributed by atoms with Crippen LogP contribution in [0.1, 0.15) is 20.3 Å². The smallest absolute Gasteiger partial charge is 0.317 e. The molecular formula is C10H21N7O. The Balaban J connectivity index is 2.46. The van der Waals surface area contributed by atoms with Crippen LogP contribution in [-0.2, 0) is 0 Å². The van der Waals surface area contributed by atoms with Gasteiger partial charge in [-0.25, -0.2) is 4.79 Å². The van der Waals surface area contributed by atoms with Gasteiger partial charge in [-0.1, -0.05) is 5.10 Å². The van der Waals surface area contributed by atoms with E-state index >= 15 is 0 Å². The number of urea groups is 1. The molecule has 1 unspecified atom stereocenters. The van der Waals surface area contributed by atoms with Crippen molar-refractivity contribution < 1.29 is 4.79 Å². The van der Waals surface area contributed by atoms with Gasteiger partial charge in [0.15, 0.2) is 0 Å². The van der Waals surface area contributed by atoms with Crippen LogP contribution >= 0.6 is 0 Å². The summed E-state index contributed by atoms with van der Waals surface area (Å²) in [6.07, 6.45) is 0.840. The highest BCUT2D eigenvalue weighted by Gasteiger charge is 2.16. The van der Waals surface area contributed by atoms with Crippen molar-refractivity contribution in [2.24, 2.45) is 0 Å². The molecule has 0 aliphatic carbocycles. The lowest BCUT2D eigenvalue weighted by Crippen LogP contribution is -2.42. The van der Waals surface area contributed by atoms with E-state index in [0.29, 0.717) is 5.95 Å². The first kappa shape index (κ1) is 14.2. The first-order valence-electron chi connectivity index (χ1n) is 6.03. The summed E-state index contributed by atoms with van der Waals surface area (Å²) in [6, 6.07) is 0.0658. The first-order chi connectivity index (χ1) is 8.60. The van der Waals surface area contributed by atoms with Gasteiger partial charge in [-0.15, -0.1) is 5.10 Å². The zero-order chi connectivity index (χ0) is 13.5. The molecule has 2 N–H and O–H groups in total. The predicted octanol–water partition coefficient (Wildman–Crippen LogP) is 0.0758. The number of aromatic nitrogens is 4. The quantitative estimate of drug-likeness (QED) is 0.751. The molecule has 1 heterocycles. The monoisotopic (exact) mass is 255 g/mol. The average molecular weight is 255 g/mol. The molecular weight excluding hydrogens is 234 g/mol. The van der Waals surface area contributed by atoms with Crippen molar-refractivity contribution >= 4 is 12.0 Å². The van der Waals surface area contributed by atoms with Gasteiger partial charge in [0.05, 0.1) is 0 Å². The fourth-order valence-corrected chi connectivity index (χ4v) is 1.60. The van der Waals surface area contributed by atoms with Gasteiger partial charge in [0.1, 0.15) is 0 Å². The van der Waals surface area contributed by atoms with Crippen LogP contribution in [-0.4, -0.2) is 64.8 Å². The molecule has 0 spiro atoms. The summed E-state index contributed by atoms with van der Waals surface area (Å²) in [7, 11) is 3.41. The average Bonchev–Trinajstić information content (AvgIpc) is 2.91. The normalized spacial score (nSPS) is 12.0. The maximum Gasteiger partial charge on any atom is 0.317 e. The van der Waals surface area contributed by atoms with E-state index in [-0.39, 0.29) is 12.1 Å². The predicted molar refractivity (Wildman–Crippen MR) is 68.4 cm³/mol. The van der Waals surface area contributed by atoms with Gasteiger partial charge in [0, 0.05) is 33.2 Å². The van der Waals surface area contributed by atoms with Crippen molar-refractivity contribution in [2.45, 2.75) is 26.3 Å². The molecule has 1 rings (SSSR count). The maximum atomic E-state index is 11.5. The topological polar surface area (TPSA) is 90.0 Å². The van der Waals surface area contributed by atoms with E-state index in [1.807, 2.05) is 18.7 Å². The SMILES string of the molecule is CCN(CCC(C)N(C)C(=O)NC)c1nn[nH]n1. The van der Waals surface area contributed by atoms with Crippen LogP contribution in [0.15, 0.2) is 0 Å². The van der Waals surface area contributed by atoms with Crippen molar-refractivity contribution in [3.8, 4) is 0 Å². The van der Waals surface area contributed by atoms with Crippen LogP contribution < -0.4 is 10.2 Å². The number of nitrogens with one attached hydrogen (secondary N) is 2. The van der Waals surface area contributed by atoms with Crippen LogP contribution in [0.5, 0.6) is 0 Å². The molecule has 0 aromatic carbocycles. The van der Waals surface area contributed by atoms with Gasteiger partial charge >= 0.3 is 6.03 Å². The van der Waals surface area contributed by atoms with Crippen LogP contribution in [0.2, 0.25) is 0 Å². The van der Waals surface area contributed by atoms with E-state index in [9.17, 15) is 4.79 Å². The molecule has 102 valence electrons. The molecule has 0 aliphatic heterocycles. The third kappa shape index (κ3) is 3.57. The molecule has 1 aromatic heterocycles. The van der Waals surface area contributed by atoms with Crippen molar-refractivity contribution in [2.75, 3.05) is 32.1 Å². The number of anilines is 1. The first-order valence-corrected chi connectivity index (χ1v) is 6.03. The van der Waals surface area contributed by atoms with Crippen LogP contribution in [0.3, 0.4) is 0 Å². The van der Waals surface area contributed by atoms with Gasteiger partial charge in [0.2, 0.25) is 0 Å².